The maximum Gasteiger partial charge on any atom is 0.508 e. The number of halogens is 1. The summed E-state index contributed by atoms with van der Waals surface area (Å²) >= 11 is 3.36. The van der Waals surface area contributed by atoms with Crippen LogP contribution < -0.4 is 10.1 Å². The number of aromatic nitrogens is 1. The Morgan fingerprint density at radius 3 is 3.05 bits per heavy atom. The first-order chi connectivity index (χ1) is 9.83. The van der Waals surface area contributed by atoms with Crippen LogP contribution in [0.3, 0.4) is 0 Å². The summed E-state index contributed by atoms with van der Waals surface area (Å²) in [4.78, 5) is 15.6. The van der Waals surface area contributed by atoms with Crippen molar-refractivity contribution >= 4 is 27.8 Å². The molecule has 0 spiro atoms. The summed E-state index contributed by atoms with van der Waals surface area (Å²) in [6, 6.07) is 1.91. The summed E-state index contributed by atoms with van der Waals surface area (Å²) in [5.41, 5.74) is 0.310. The molecule has 21 heavy (non-hydrogen) atoms. The first kappa shape index (κ1) is 15.9. The van der Waals surface area contributed by atoms with Gasteiger partial charge in [-0.3, -0.25) is 0 Å². The van der Waals surface area contributed by atoms with Gasteiger partial charge in [0.25, 0.3) is 0 Å². The second kappa shape index (κ2) is 6.51. The second-order valence-electron chi connectivity index (χ2n) is 5.73. The predicted molar refractivity (Wildman–Crippen MR) is 81.6 cm³/mol. The fraction of sp³-hybridized carbons (Fsp3) is 0.571. The average Bonchev–Trinajstić information content (AvgIpc) is 2.36. The van der Waals surface area contributed by atoms with Crippen LogP contribution in [0.4, 0.5) is 10.5 Å². The maximum absolute atomic E-state index is 11.4. The van der Waals surface area contributed by atoms with Gasteiger partial charge in [0.05, 0.1) is 18.8 Å². The third-order valence-corrected chi connectivity index (χ3v) is 3.10. The Morgan fingerprint density at radius 1 is 1.57 bits per heavy atom. The SMILES string of the molecule is CC(C)(C)OC(=O)OCCC1CNc2cc(Br)cnc2O1. The number of hydrogen-bond donors (Lipinski definition) is 1. The summed E-state index contributed by atoms with van der Waals surface area (Å²) in [6.45, 7) is 6.27. The molecule has 116 valence electrons. The lowest BCUT2D eigenvalue weighted by molar-refractivity contribution is -0.0109. The van der Waals surface area contributed by atoms with Gasteiger partial charge in [0.2, 0.25) is 5.88 Å². The number of ether oxygens (including phenoxy) is 3. The molecule has 0 aromatic carbocycles. The lowest BCUT2D eigenvalue weighted by Crippen LogP contribution is -2.33. The number of pyridine rings is 1. The number of nitrogens with zero attached hydrogens (tertiary/aromatic N) is 1. The van der Waals surface area contributed by atoms with Gasteiger partial charge in [0.15, 0.2) is 0 Å². The molecule has 7 heteroatoms. The number of fused-ring (bicyclic) bond motifs is 1. The van der Waals surface area contributed by atoms with Gasteiger partial charge in [0.1, 0.15) is 11.7 Å². The van der Waals surface area contributed by atoms with Gasteiger partial charge < -0.3 is 19.5 Å². The van der Waals surface area contributed by atoms with E-state index in [1.165, 1.54) is 0 Å². The molecule has 1 aliphatic heterocycles. The molecule has 1 atom stereocenters. The molecular formula is C14H19BrN2O4. The van der Waals surface area contributed by atoms with Crippen molar-refractivity contribution in [3.63, 3.8) is 0 Å². The molecule has 6 nitrogen and oxygen atoms in total. The van der Waals surface area contributed by atoms with Gasteiger partial charge in [-0.2, -0.15) is 0 Å². The highest BCUT2D eigenvalue weighted by atomic mass is 79.9. The van der Waals surface area contributed by atoms with E-state index in [2.05, 4.69) is 26.2 Å². The van der Waals surface area contributed by atoms with E-state index in [9.17, 15) is 4.79 Å². The van der Waals surface area contributed by atoms with E-state index in [1.54, 1.807) is 27.0 Å². The quantitative estimate of drug-likeness (QED) is 0.835. The first-order valence-corrected chi connectivity index (χ1v) is 7.54. The van der Waals surface area contributed by atoms with E-state index < -0.39 is 11.8 Å². The smallest absolute Gasteiger partial charge is 0.471 e. The lowest BCUT2D eigenvalue weighted by atomic mass is 10.2. The highest BCUT2D eigenvalue weighted by Gasteiger charge is 2.22. The summed E-state index contributed by atoms with van der Waals surface area (Å²) in [5.74, 6) is 0.562. The van der Waals surface area contributed by atoms with Crippen LogP contribution in [-0.2, 0) is 9.47 Å². The Balaban J connectivity index is 1.76. The molecule has 1 N–H and O–H groups in total. The summed E-state index contributed by atoms with van der Waals surface area (Å²) in [6.07, 6.45) is 1.51. The van der Waals surface area contributed by atoms with Crippen molar-refractivity contribution in [3.8, 4) is 5.88 Å². The Hall–Kier alpha value is -1.50. The minimum Gasteiger partial charge on any atom is -0.471 e. The lowest BCUT2D eigenvalue weighted by Gasteiger charge is -2.26. The zero-order valence-electron chi connectivity index (χ0n) is 12.3. The largest absolute Gasteiger partial charge is 0.508 e. The number of carbonyl (C=O) groups is 1. The Morgan fingerprint density at radius 2 is 2.33 bits per heavy atom. The molecule has 1 unspecified atom stereocenters. The normalized spacial score (nSPS) is 17.2. The van der Waals surface area contributed by atoms with Crippen LogP contribution in [0.1, 0.15) is 27.2 Å². The summed E-state index contributed by atoms with van der Waals surface area (Å²) in [7, 11) is 0. The third kappa shape index (κ3) is 5.08. The van der Waals surface area contributed by atoms with Crippen LogP contribution in [0.25, 0.3) is 0 Å². The first-order valence-electron chi connectivity index (χ1n) is 6.75. The number of carbonyl (C=O) groups excluding carboxylic acids is 1. The van der Waals surface area contributed by atoms with Gasteiger partial charge in [-0.25, -0.2) is 9.78 Å². The van der Waals surface area contributed by atoms with Gasteiger partial charge in [-0.05, 0) is 42.8 Å². The summed E-state index contributed by atoms with van der Waals surface area (Å²) < 4.78 is 16.7. The van der Waals surface area contributed by atoms with Crippen LogP contribution in [0.15, 0.2) is 16.7 Å². The third-order valence-electron chi connectivity index (χ3n) is 2.67. The topological polar surface area (TPSA) is 69.7 Å². The molecule has 0 saturated heterocycles. The average molecular weight is 359 g/mol. The van der Waals surface area contributed by atoms with E-state index >= 15 is 0 Å². The minimum absolute atomic E-state index is 0.0892. The van der Waals surface area contributed by atoms with Crippen LogP contribution in [-0.4, -0.2) is 36.0 Å². The summed E-state index contributed by atoms with van der Waals surface area (Å²) in [5, 5.41) is 3.24. The van der Waals surface area contributed by atoms with Crippen LogP contribution >= 0.6 is 15.9 Å². The molecule has 0 aliphatic carbocycles. The molecule has 0 amide bonds. The number of hydrogen-bond acceptors (Lipinski definition) is 6. The molecule has 0 radical (unpaired) electrons. The number of anilines is 1. The van der Waals surface area contributed by atoms with Gasteiger partial charge >= 0.3 is 6.16 Å². The molecule has 1 aliphatic rings. The molecule has 0 bridgehead atoms. The molecule has 0 fully saturated rings. The molecular weight excluding hydrogens is 340 g/mol. The zero-order valence-corrected chi connectivity index (χ0v) is 13.9. The fourth-order valence-corrected chi connectivity index (χ4v) is 2.12. The van der Waals surface area contributed by atoms with Crippen molar-refractivity contribution in [1.29, 1.82) is 0 Å². The van der Waals surface area contributed by atoms with E-state index in [1.807, 2.05) is 6.07 Å². The highest BCUT2D eigenvalue weighted by molar-refractivity contribution is 9.10. The van der Waals surface area contributed by atoms with Crippen molar-refractivity contribution < 1.29 is 19.0 Å². The zero-order chi connectivity index (χ0) is 15.5. The molecule has 0 saturated carbocycles. The van der Waals surface area contributed by atoms with Crippen molar-refractivity contribution in [2.75, 3.05) is 18.5 Å². The fourth-order valence-electron chi connectivity index (χ4n) is 1.78. The standard InChI is InChI=1S/C14H19BrN2O4/c1-14(2,3)21-13(18)19-5-4-10-8-16-11-6-9(15)7-17-12(11)20-10/h6-7,10,16H,4-5,8H2,1-3H3. The van der Waals surface area contributed by atoms with Crippen molar-refractivity contribution in [2.24, 2.45) is 0 Å². The minimum atomic E-state index is -0.659. The molecule has 2 heterocycles. The molecule has 2 rings (SSSR count). The van der Waals surface area contributed by atoms with Crippen LogP contribution in [0, 0.1) is 0 Å². The van der Waals surface area contributed by atoms with E-state index in [-0.39, 0.29) is 12.7 Å². The van der Waals surface area contributed by atoms with Gasteiger partial charge in [-0.15, -0.1) is 0 Å². The number of rotatable bonds is 3. The Bertz CT molecular complexity index is 516. The van der Waals surface area contributed by atoms with E-state index in [4.69, 9.17) is 14.2 Å². The van der Waals surface area contributed by atoms with Gasteiger partial charge in [-0.1, -0.05) is 0 Å². The van der Waals surface area contributed by atoms with E-state index in [0.29, 0.717) is 18.8 Å². The van der Waals surface area contributed by atoms with Gasteiger partial charge in [0, 0.05) is 17.1 Å². The van der Waals surface area contributed by atoms with Crippen LogP contribution in [0.2, 0.25) is 0 Å². The predicted octanol–water partition coefficient (Wildman–Crippen LogP) is 3.36. The molecule has 1 aromatic heterocycles. The van der Waals surface area contributed by atoms with Crippen molar-refractivity contribution in [1.82, 2.24) is 4.98 Å². The van der Waals surface area contributed by atoms with Crippen molar-refractivity contribution in [3.05, 3.63) is 16.7 Å². The Labute approximate surface area is 132 Å². The monoisotopic (exact) mass is 358 g/mol. The number of nitrogens with one attached hydrogen (secondary N) is 1. The van der Waals surface area contributed by atoms with E-state index in [0.717, 1.165) is 10.2 Å². The van der Waals surface area contributed by atoms with Crippen molar-refractivity contribution in [2.45, 2.75) is 38.9 Å². The van der Waals surface area contributed by atoms with Crippen LogP contribution in [0.5, 0.6) is 5.88 Å². The maximum atomic E-state index is 11.4. The molecule has 1 aromatic rings. The highest BCUT2D eigenvalue weighted by Crippen LogP contribution is 2.29. The second-order valence-corrected chi connectivity index (χ2v) is 6.64. The Kier molecular flexibility index (Phi) is 4.92.